The van der Waals surface area contributed by atoms with Crippen LogP contribution in [0.3, 0.4) is 0 Å². The van der Waals surface area contributed by atoms with Crippen LogP contribution in [0.4, 0.5) is 0 Å². The summed E-state index contributed by atoms with van der Waals surface area (Å²) in [6.07, 6.45) is 68.6. The van der Waals surface area contributed by atoms with E-state index in [0.717, 1.165) is 25.7 Å². The Bertz CT molecular complexity index is 747. The van der Waals surface area contributed by atoms with Crippen molar-refractivity contribution in [3.63, 3.8) is 0 Å². The van der Waals surface area contributed by atoms with Crippen LogP contribution in [0.2, 0.25) is 0 Å². The first-order valence-electron chi connectivity index (χ1n) is 27.9. The van der Waals surface area contributed by atoms with Crippen LogP contribution in [0.1, 0.15) is 342 Å². The van der Waals surface area contributed by atoms with Crippen molar-refractivity contribution in [2.24, 2.45) is 11.8 Å². The van der Waals surface area contributed by atoms with Crippen molar-refractivity contribution < 1.29 is 9.90 Å². The van der Waals surface area contributed by atoms with Crippen LogP contribution in [0.25, 0.3) is 0 Å². The zero-order valence-electron chi connectivity index (χ0n) is 40.9. The zero-order valence-corrected chi connectivity index (χ0v) is 40.9. The topological polar surface area (TPSA) is 37.3 Å². The summed E-state index contributed by atoms with van der Waals surface area (Å²) >= 11 is 0. The molecule has 2 nitrogen and oxygen atoms in total. The number of rotatable bonds is 52. The van der Waals surface area contributed by atoms with Gasteiger partial charge in [-0.05, 0) is 25.2 Å². The van der Waals surface area contributed by atoms with Crippen LogP contribution in [0.5, 0.6) is 0 Å². The van der Waals surface area contributed by atoms with Crippen LogP contribution in [0.15, 0.2) is 0 Å². The molecule has 0 aliphatic carbocycles. The molecule has 0 radical (unpaired) electrons. The van der Waals surface area contributed by atoms with Crippen molar-refractivity contribution in [1.29, 1.82) is 0 Å². The summed E-state index contributed by atoms with van der Waals surface area (Å²) in [6, 6.07) is 0. The molecule has 0 aromatic heterocycles. The average molecular weight is 818 g/mol. The Labute approximate surface area is 368 Å². The van der Waals surface area contributed by atoms with E-state index in [4.69, 9.17) is 0 Å². The van der Waals surface area contributed by atoms with Crippen molar-refractivity contribution in [1.82, 2.24) is 0 Å². The summed E-state index contributed by atoms with van der Waals surface area (Å²) in [7, 11) is 0. The first kappa shape index (κ1) is 57.5. The van der Waals surface area contributed by atoms with E-state index in [1.807, 2.05) is 0 Å². The largest absolute Gasteiger partial charge is 0.481 e. The Morgan fingerprint density at radius 1 is 0.259 bits per heavy atom. The van der Waals surface area contributed by atoms with Gasteiger partial charge in [-0.1, -0.05) is 323 Å². The van der Waals surface area contributed by atoms with Crippen LogP contribution in [0, 0.1) is 11.8 Å². The molecular weight excluding hydrogens is 705 g/mol. The molecule has 0 saturated heterocycles. The van der Waals surface area contributed by atoms with Crippen LogP contribution in [-0.2, 0) is 4.79 Å². The monoisotopic (exact) mass is 817 g/mol. The number of carboxylic acid groups (broad SMARTS) is 1. The lowest BCUT2D eigenvalue weighted by molar-refractivity contribution is -0.144. The molecule has 2 heteroatoms. The standard InChI is InChI=1S/C56H112O2/c1-4-7-10-13-16-19-22-25-28-29-30-32-35-38-41-44-47-50-53-55(56(57)58)54(51-48-45-42-39-36-33-27-24-21-18-15-12-9-6-3)52-49-46-43-40-37-34-31-26-23-20-17-14-11-8-5-2/h54-55H,4-53H2,1-3H3,(H,57,58). The van der Waals surface area contributed by atoms with Crippen LogP contribution in [-0.4, -0.2) is 11.1 Å². The molecule has 0 aliphatic rings. The van der Waals surface area contributed by atoms with E-state index in [0.29, 0.717) is 5.92 Å². The first-order valence-corrected chi connectivity index (χ1v) is 27.9. The second-order valence-corrected chi connectivity index (χ2v) is 19.6. The third-order valence-corrected chi connectivity index (χ3v) is 13.9. The average Bonchev–Trinajstić information content (AvgIpc) is 3.22. The fourth-order valence-electron chi connectivity index (χ4n) is 9.75. The highest BCUT2D eigenvalue weighted by molar-refractivity contribution is 5.70. The SMILES string of the molecule is CCCCCCCCCCCCCCCCCCCCC(C(=O)O)C(CCCCCCCCCCCCCCCC)CCCCCCCCCCCCCCCCC. The number of carbonyl (C=O) groups is 1. The second-order valence-electron chi connectivity index (χ2n) is 19.6. The molecule has 0 spiro atoms. The maximum atomic E-state index is 12.7. The molecule has 0 amide bonds. The maximum absolute atomic E-state index is 12.7. The molecule has 0 aliphatic heterocycles. The third-order valence-electron chi connectivity index (χ3n) is 13.9. The lowest BCUT2D eigenvalue weighted by Gasteiger charge is -2.24. The molecule has 0 rings (SSSR count). The van der Waals surface area contributed by atoms with Crippen molar-refractivity contribution in [3.05, 3.63) is 0 Å². The molecular formula is C56H112O2. The van der Waals surface area contributed by atoms with Crippen molar-refractivity contribution in [2.75, 3.05) is 0 Å². The van der Waals surface area contributed by atoms with Gasteiger partial charge in [-0.25, -0.2) is 0 Å². The highest BCUT2D eigenvalue weighted by Crippen LogP contribution is 2.31. The number of unbranched alkanes of at least 4 members (excludes halogenated alkanes) is 44. The number of aliphatic carboxylic acids is 1. The predicted octanol–water partition coefficient (Wildman–Crippen LogP) is 20.9. The summed E-state index contributed by atoms with van der Waals surface area (Å²) in [4.78, 5) is 12.7. The summed E-state index contributed by atoms with van der Waals surface area (Å²) < 4.78 is 0. The van der Waals surface area contributed by atoms with E-state index in [1.165, 1.54) is 295 Å². The van der Waals surface area contributed by atoms with E-state index in [1.54, 1.807) is 0 Å². The summed E-state index contributed by atoms with van der Waals surface area (Å²) in [5.74, 6) is -0.222. The third kappa shape index (κ3) is 45.0. The second kappa shape index (κ2) is 50.8. The number of carboxylic acids is 1. The molecule has 348 valence electrons. The smallest absolute Gasteiger partial charge is 0.306 e. The summed E-state index contributed by atoms with van der Waals surface area (Å²) in [6.45, 7) is 6.91. The van der Waals surface area contributed by atoms with Gasteiger partial charge in [0.25, 0.3) is 0 Å². The molecule has 0 saturated carbocycles. The molecule has 58 heavy (non-hydrogen) atoms. The Morgan fingerprint density at radius 2 is 0.414 bits per heavy atom. The van der Waals surface area contributed by atoms with Gasteiger partial charge in [0.15, 0.2) is 0 Å². The van der Waals surface area contributed by atoms with Crippen molar-refractivity contribution in [2.45, 2.75) is 342 Å². The molecule has 0 bridgehead atoms. The molecule has 2 atom stereocenters. The van der Waals surface area contributed by atoms with E-state index < -0.39 is 5.97 Å². The minimum Gasteiger partial charge on any atom is -0.481 e. The van der Waals surface area contributed by atoms with Gasteiger partial charge in [-0.15, -0.1) is 0 Å². The zero-order chi connectivity index (χ0) is 42.1. The lowest BCUT2D eigenvalue weighted by Crippen LogP contribution is -2.24. The van der Waals surface area contributed by atoms with Gasteiger partial charge in [-0.3, -0.25) is 4.79 Å². The van der Waals surface area contributed by atoms with Gasteiger partial charge in [0.2, 0.25) is 0 Å². The Hall–Kier alpha value is -0.530. The lowest BCUT2D eigenvalue weighted by atomic mass is 9.80. The molecule has 2 unspecified atom stereocenters. The molecule has 0 fully saturated rings. The molecule has 0 heterocycles. The van der Waals surface area contributed by atoms with Gasteiger partial charge in [0.1, 0.15) is 0 Å². The predicted molar refractivity (Wildman–Crippen MR) is 262 cm³/mol. The first-order chi connectivity index (χ1) is 28.7. The highest BCUT2D eigenvalue weighted by atomic mass is 16.4. The van der Waals surface area contributed by atoms with Crippen LogP contribution < -0.4 is 0 Å². The van der Waals surface area contributed by atoms with Crippen molar-refractivity contribution >= 4 is 5.97 Å². The Kier molecular flexibility index (Phi) is 50.4. The molecule has 0 aromatic carbocycles. The van der Waals surface area contributed by atoms with E-state index in [-0.39, 0.29) is 5.92 Å². The van der Waals surface area contributed by atoms with Gasteiger partial charge in [0, 0.05) is 0 Å². The number of hydrogen-bond donors (Lipinski definition) is 1. The summed E-state index contributed by atoms with van der Waals surface area (Å²) in [5.41, 5.74) is 0. The van der Waals surface area contributed by atoms with E-state index in [9.17, 15) is 9.90 Å². The fourth-order valence-corrected chi connectivity index (χ4v) is 9.75. The Morgan fingerprint density at radius 3 is 0.586 bits per heavy atom. The van der Waals surface area contributed by atoms with Crippen molar-refractivity contribution in [3.8, 4) is 0 Å². The Balaban J connectivity index is 4.28. The van der Waals surface area contributed by atoms with Gasteiger partial charge >= 0.3 is 5.97 Å². The minimum absolute atomic E-state index is 0.116. The normalized spacial score (nSPS) is 12.7. The van der Waals surface area contributed by atoms with Gasteiger partial charge < -0.3 is 5.11 Å². The van der Waals surface area contributed by atoms with Crippen LogP contribution >= 0.6 is 0 Å². The van der Waals surface area contributed by atoms with E-state index in [2.05, 4.69) is 20.8 Å². The minimum atomic E-state index is -0.497. The number of hydrogen-bond acceptors (Lipinski definition) is 1. The van der Waals surface area contributed by atoms with Gasteiger partial charge in [0.05, 0.1) is 5.92 Å². The maximum Gasteiger partial charge on any atom is 0.306 e. The molecule has 0 aromatic rings. The summed E-state index contributed by atoms with van der Waals surface area (Å²) in [5, 5.41) is 10.4. The quantitative estimate of drug-likeness (QED) is 0.0621. The highest BCUT2D eigenvalue weighted by Gasteiger charge is 2.27. The van der Waals surface area contributed by atoms with Gasteiger partial charge in [-0.2, -0.15) is 0 Å². The fraction of sp³-hybridized carbons (Fsp3) is 0.982. The molecule has 1 N–H and O–H groups in total. The van der Waals surface area contributed by atoms with E-state index >= 15 is 0 Å².